The zero-order valence-corrected chi connectivity index (χ0v) is 20.4. The molecular weight excluding hydrogens is 472 g/mol. The van der Waals surface area contributed by atoms with E-state index in [1.54, 1.807) is 24.3 Å². The lowest BCUT2D eigenvalue weighted by molar-refractivity contribution is -0.142. The third kappa shape index (κ3) is 7.33. The van der Waals surface area contributed by atoms with Crippen LogP contribution in [-0.2, 0) is 34.0 Å². The zero-order valence-electron chi connectivity index (χ0n) is 20.4. The van der Waals surface area contributed by atoms with Gasteiger partial charge in [-0.2, -0.15) is 0 Å². The largest absolute Gasteiger partial charge is 0.489 e. The molecule has 1 aliphatic heterocycles. The van der Waals surface area contributed by atoms with Gasteiger partial charge in [-0.15, -0.1) is 0 Å². The molecule has 4 rings (SSSR count). The van der Waals surface area contributed by atoms with Crippen LogP contribution in [-0.4, -0.2) is 46.6 Å². The van der Waals surface area contributed by atoms with Gasteiger partial charge in [0, 0.05) is 13.0 Å². The van der Waals surface area contributed by atoms with Crippen LogP contribution in [0.3, 0.4) is 0 Å². The third-order valence-electron chi connectivity index (χ3n) is 6.22. The lowest BCUT2D eigenvalue weighted by Crippen LogP contribution is -2.51. The maximum absolute atomic E-state index is 13.0. The number of amides is 2. The minimum absolute atomic E-state index is 0.102. The summed E-state index contributed by atoms with van der Waals surface area (Å²) in [5.74, 6) is -0.975. The first-order valence-corrected chi connectivity index (χ1v) is 12.3. The molecule has 1 fully saturated rings. The number of hydrogen-bond acceptors (Lipinski definition) is 5. The van der Waals surface area contributed by atoms with E-state index in [1.807, 2.05) is 60.7 Å². The highest BCUT2D eigenvalue weighted by molar-refractivity contribution is 5.89. The summed E-state index contributed by atoms with van der Waals surface area (Å²) in [7, 11) is 0. The Morgan fingerprint density at radius 3 is 2.11 bits per heavy atom. The van der Waals surface area contributed by atoms with Crippen LogP contribution < -0.4 is 10.1 Å². The molecule has 2 N–H and O–H groups in total. The lowest BCUT2D eigenvalue weighted by Gasteiger charge is -2.25. The molecule has 1 heterocycles. The van der Waals surface area contributed by atoms with E-state index in [1.165, 1.54) is 4.90 Å². The maximum Gasteiger partial charge on any atom is 0.410 e. The van der Waals surface area contributed by atoms with E-state index in [0.717, 1.165) is 16.7 Å². The number of carbonyl (C=O) groups is 3. The highest BCUT2D eigenvalue weighted by Crippen LogP contribution is 2.20. The molecule has 37 heavy (non-hydrogen) atoms. The van der Waals surface area contributed by atoms with Gasteiger partial charge in [-0.3, -0.25) is 9.69 Å². The Kier molecular flexibility index (Phi) is 8.75. The standard InChI is InChI=1S/C29H30N2O6/c32-27(26-12-7-17-31(26)29(35)37-20-23-10-5-2-6-11-23)30-25(28(33)34)18-21-13-15-24(16-14-21)36-19-22-8-3-1-4-9-22/h1-6,8-11,13-16,25-26H,7,12,17-20H2,(H,30,32)(H,33,34)/t25-,26-/m0/s1. The number of aliphatic carboxylic acids is 1. The zero-order chi connectivity index (χ0) is 26.0. The molecule has 8 heteroatoms. The van der Waals surface area contributed by atoms with Gasteiger partial charge in [-0.25, -0.2) is 9.59 Å². The fraction of sp³-hybridized carbons (Fsp3) is 0.276. The fourth-order valence-electron chi connectivity index (χ4n) is 4.23. The maximum atomic E-state index is 13.0. The average molecular weight is 503 g/mol. The van der Waals surface area contributed by atoms with Crippen molar-refractivity contribution in [2.75, 3.05) is 6.54 Å². The first kappa shape index (κ1) is 25.8. The summed E-state index contributed by atoms with van der Waals surface area (Å²) in [5, 5.41) is 12.3. The summed E-state index contributed by atoms with van der Waals surface area (Å²) in [6, 6.07) is 24.3. The van der Waals surface area contributed by atoms with Gasteiger partial charge < -0.3 is 19.9 Å². The second-order valence-electron chi connectivity index (χ2n) is 8.91. The van der Waals surface area contributed by atoms with Crippen LogP contribution in [0.25, 0.3) is 0 Å². The molecular formula is C29H30N2O6. The highest BCUT2D eigenvalue weighted by atomic mass is 16.6. The topological polar surface area (TPSA) is 105 Å². The predicted molar refractivity (Wildman–Crippen MR) is 137 cm³/mol. The van der Waals surface area contributed by atoms with Crippen molar-refractivity contribution in [3.05, 3.63) is 102 Å². The van der Waals surface area contributed by atoms with E-state index in [-0.39, 0.29) is 13.0 Å². The van der Waals surface area contributed by atoms with Gasteiger partial charge in [0.05, 0.1) is 0 Å². The molecule has 0 radical (unpaired) electrons. The SMILES string of the molecule is O=C(O)[C@H](Cc1ccc(OCc2ccccc2)cc1)NC(=O)[C@@H]1CCCN1C(=O)OCc1ccccc1. The fourth-order valence-corrected chi connectivity index (χ4v) is 4.23. The number of ether oxygens (including phenoxy) is 2. The van der Waals surface area contributed by atoms with Crippen molar-refractivity contribution in [3.8, 4) is 5.75 Å². The Morgan fingerprint density at radius 2 is 1.49 bits per heavy atom. The van der Waals surface area contributed by atoms with E-state index in [0.29, 0.717) is 31.7 Å². The highest BCUT2D eigenvalue weighted by Gasteiger charge is 2.36. The number of benzene rings is 3. The van der Waals surface area contributed by atoms with Crippen LogP contribution in [0.1, 0.15) is 29.5 Å². The van der Waals surface area contributed by atoms with Gasteiger partial charge in [0.1, 0.15) is 31.0 Å². The first-order valence-electron chi connectivity index (χ1n) is 12.3. The molecule has 1 saturated heterocycles. The molecule has 1 aliphatic rings. The Hall–Kier alpha value is -4.33. The second-order valence-corrected chi connectivity index (χ2v) is 8.91. The second kappa shape index (κ2) is 12.6. The van der Waals surface area contributed by atoms with Crippen molar-refractivity contribution < 1.29 is 29.0 Å². The molecule has 0 spiro atoms. The molecule has 192 valence electrons. The summed E-state index contributed by atoms with van der Waals surface area (Å²) in [4.78, 5) is 38.9. The molecule has 0 aromatic heterocycles. The average Bonchev–Trinajstić information content (AvgIpc) is 3.42. The van der Waals surface area contributed by atoms with Crippen molar-refractivity contribution in [1.82, 2.24) is 10.2 Å². The number of carboxylic acids is 1. The summed E-state index contributed by atoms with van der Waals surface area (Å²) in [5.41, 5.74) is 2.63. The van der Waals surface area contributed by atoms with E-state index in [4.69, 9.17) is 9.47 Å². The number of nitrogens with zero attached hydrogens (tertiary/aromatic N) is 1. The molecule has 0 saturated carbocycles. The normalized spacial score (nSPS) is 15.6. The van der Waals surface area contributed by atoms with E-state index in [2.05, 4.69) is 5.32 Å². The van der Waals surface area contributed by atoms with Crippen molar-refractivity contribution in [2.45, 2.75) is 44.6 Å². The molecule has 2 amide bonds. The van der Waals surface area contributed by atoms with Gasteiger partial charge in [0.15, 0.2) is 0 Å². The summed E-state index contributed by atoms with van der Waals surface area (Å²) >= 11 is 0. The Morgan fingerprint density at radius 1 is 0.865 bits per heavy atom. The molecule has 2 atom stereocenters. The Labute approximate surface area is 215 Å². The number of likely N-dealkylation sites (tertiary alicyclic amines) is 1. The molecule has 0 aliphatic carbocycles. The predicted octanol–water partition coefficient (Wildman–Crippen LogP) is 4.18. The van der Waals surface area contributed by atoms with Gasteiger partial charge in [0.2, 0.25) is 5.91 Å². The van der Waals surface area contributed by atoms with Gasteiger partial charge >= 0.3 is 12.1 Å². The van der Waals surface area contributed by atoms with E-state index in [9.17, 15) is 19.5 Å². The van der Waals surface area contributed by atoms with E-state index < -0.39 is 30.1 Å². The van der Waals surface area contributed by atoms with Crippen molar-refractivity contribution in [1.29, 1.82) is 0 Å². The summed E-state index contributed by atoms with van der Waals surface area (Å²) < 4.78 is 11.2. The number of rotatable bonds is 10. The van der Waals surface area contributed by atoms with Crippen LogP contribution in [0.4, 0.5) is 4.79 Å². The summed E-state index contributed by atoms with van der Waals surface area (Å²) in [6.45, 7) is 0.918. The molecule has 3 aromatic rings. The van der Waals surface area contributed by atoms with Gasteiger partial charge in [0.25, 0.3) is 0 Å². The van der Waals surface area contributed by atoms with Crippen molar-refractivity contribution in [3.63, 3.8) is 0 Å². The molecule has 8 nitrogen and oxygen atoms in total. The van der Waals surface area contributed by atoms with Gasteiger partial charge in [-0.05, 0) is 41.7 Å². The van der Waals surface area contributed by atoms with E-state index >= 15 is 0 Å². The van der Waals surface area contributed by atoms with Crippen LogP contribution in [0.5, 0.6) is 5.75 Å². The van der Waals surface area contributed by atoms with Crippen LogP contribution in [0.15, 0.2) is 84.9 Å². The minimum atomic E-state index is -1.14. The van der Waals surface area contributed by atoms with Crippen LogP contribution in [0.2, 0.25) is 0 Å². The number of carbonyl (C=O) groups excluding carboxylic acids is 2. The van der Waals surface area contributed by atoms with Crippen molar-refractivity contribution in [2.24, 2.45) is 0 Å². The van der Waals surface area contributed by atoms with Crippen molar-refractivity contribution >= 4 is 18.0 Å². The summed E-state index contributed by atoms with van der Waals surface area (Å²) in [6.07, 6.45) is 0.609. The smallest absolute Gasteiger partial charge is 0.410 e. The minimum Gasteiger partial charge on any atom is -0.489 e. The lowest BCUT2D eigenvalue weighted by atomic mass is 10.0. The van der Waals surface area contributed by atoms with Crippen LogP contribution in [0, 0.1) is 0 Å². The Bertz CT molecular complexity index is 1180. The third-order valence-corrected chi connectivity index (χ3v) is 6.22. The van der Waals surface area contributed by atoms with Gasteiger partial charge in [-0.1, -0.05) is 72.8 Å². The molecule has 0 unspecified atom stereocenters. The monoisotopic (exact) mass is 502 g/mol. The molecule has 0 bridgehead atoms. The number of hydrogen-bond donors (Lipinski definition) is 2. The number of nitrogens with one attached hydrogen (secondary N) is 1. The number of carboxylic acid groups (broad SMARTS) is 1. The quantitative estimate of drug-likeness (QED) is 0.431. The van der Waals surface area contributed by atoms with Crippen LogP contribution >= 0.6 is 0 Å². The first-order chi connectivity index (χ1) is 18.0. The Balaban J connectivity index is 1.30. The molecule has 3 aromatic carbocycles.